The predicted molar refractivity (Wildman–Crippen MR) is 113 cm³/mol. The molecule has 9 nitrogen and oxygen atoms in total. The number of nitrogens with zero attached hydrogens (tertiary/aromatic N) is 5. The first-order valence-electron chi connectivity index (χ1n) is 9.68. The maximum atomic E-state index is 12.4. The van der Waals surface area contributed by atoms with Crippen LogP contribution in [0, 0.1) is 5.92 Å². The molecule has 0 bridgehead atoms. The van der Waals surface area contributed by atoms with E-state index in [0.29, 0.717) is 55.9 Å². The molecule has 3 N–H and O–H groups in total. The van der Waals surface area contributed by atoms with Gasteiger partial charge in [0.05, 0.1) is 18.5 Å². The van der Waals surface area contributed by atoms with Crippen molar-refractivity contribution in [3.05, 3.63) is 30.5 Å². The average molecular weight is 418 g/mol. The summed E-state index contributed by atoms with van der Waals surface area (Å²) in [6.07, 6.45) is 9.57. The van der Waals surface area contributed by atoms with Gasteiger partial charge in [-0.2, -0.15) is 0 Å². The summed E-state index contributed by atoms with van der Waals surface area (Å²) in [5, 5.41) is 16.0. The Morgan fingerprint density at radius 3 is 2.45 bits per heavy atom. The number of anilines is 2. The number of carbonyl (C=O) groups is 1. The van der Waals surface area contributed by atoms with E-state index >= 15 is 0 Å². The number of nitrogens with one attached hydrogen (secondary N) is 2. The fourth-order valence-corrected chi connectivity index (χ4v) is 3.21. The summed E-state index contributed by atoms with van der Waals surface area (Å²) < 4.78 is 0. The lowest BCUT2D eigenvalue weighted by molar-refractivity contribution is 0.0541. The summed E-state index contributed by atoms with van der Waals surface area (Å²) in [5.41, 5.74) is 0.326. The summed E-state index contributed by atoms with van der Waals surface area (Å²) in [6.45, 7) is 4.62. The standard InChI is InChI=1S/C19H27N7O2S/c1-13(8-23-19-24-9-15(29-2)10-25-19)7-21-17-12-20-16(11-22-17)18(28)26-5-3-14(27)4-6-26/h9-14,27H,3-8H2,1-2H3,(H,21,22)(H,23,24,25). The Hall–Kier alpha value is -2.46. The molecule has 1 aliphatic heterocycles. The summed E-state index contributed by atoms with van der Waals surface area (Å²) in [4.78, 5) is 32.3. The second kappa shape index (κ2) is 10.4. The zero-order valence-electron chi connectivity index (χ0n) is 16.7. The third-order valence-electron chi connectivity index (χ3n) is 4.73. The Labute approximate surface area is 174 Å². The molecule has 156 valence electrons. The molecular weight excluding hydrogens is 390 g/mol. The third kappa shape index (κ3) is 6.26. The number of hydrogen-bond donors (Lipinski definition) is 3. The van der Waals surface area contributed by atoms with Gasteiger partial charge >= 0.3 is 0 Å². The Morgan fingerprint density at radius 1 is 1.14 bits per heavy atom. The topological polar surface area (TPSA) is 116 Å². The van der Waals surface area contributed by atoms with Gasteiger partial charge in [0.1, 0.15) is 11.5 Å². The van der Waals surface area contributed by atoms with Crippen molar-refractivity contribution in [3.63, 3.8) is 0 Å². The van der Waals surface area contributed by atoms with E-state index in [2.05, 4.69) is 37.5 Å². The molecule has 1 unspecified atom stereocenters. The van der Waals surface area contributed by atoms with Gasteiger partial charge in [-0.3, -0.25) is 4.79 Å². The molecule has 0 spiro atoms. The van der Waals surface area contributed by atoms with Crippen LogP contribution in [0.4, 0.5) is 11.8 Å². The monoisotopic (exact) mass is 417 g/mol. The van der Waals surface area contributed by atoms with Crippen LogP contribution >= 0.6 is 11.8 Å². The SMILES string of the molecule is CSc1cnc(NCC(C)CNc2cnc(C(=O)N3CCC(O)CC3)cn2)nc1. The highest BCUT2D eigenvalue weighted by Gasteiger charge is 2.23. The van der Waals surface area contributed by atoms with Gasteiger partial charge in [0.15, 0.2) is 0 Å². The van der Waals surface area contributed by atoms with E-state index in [1.165, 1.54) is 6.20 Å². The normalized spacial score (nSPS) is 15.8. The van der Waals surface area contributed by atoms with Crippen molar-refractivity contribution in [2.75, 3.05) is 43.1 Å². The van der Waals surface area contributed by atoms with Crippen molar-refractivity contribution in [2.24, 2.45) is 5.92 Å². The first kappa shape index (κ1) is 21.3. The molecule has 2 aromatic rings. The summed E-state index contributed by atoms with van der Waals surface area (Å²) in [7, 11) is 0. The molecule has 29 heavy (non-hydrogen) atoms. The summed E-state index contributed by atoms with van der Waals surface area (Å²) in [6, 6.07) is 0. The molecule has 10 heteroatoms. The van der Waals surface area contributed by atoms with Crippen LogP contribution in [-0.2, 0) is 0 Å². The molecule has 3 heterocycles. The lowest BCUT2D eigenvalue weighted by Gasteiger charge is -2.29. The van der Waals surface area contributed by atoms with E-state index in [4.69, 9.17) is 0 Å². The van der Waals surface area contributed by atoms with Crippen LogP contribution in [0.25, 0.3) is 0 Å². The number of aliphatic hydroxyl groups excluding tert-OH is 1. The van der Waals surface area contributed by atoms with Crippen LogP contribution in [0.3, 0.4) is 0 Å². The number of hydrogen-bond acceptors (Lipinski definition) is 9. The molecule has 1 fully saturated rings. The van der Waals surface area contributed by atoms with Crippen molar-refractivity contribution in [2.45, 2.75) is 30.8 Å². The van der Waals surface area contributed by atoms with Gasteiger partial charge in [0.25, 0.3) is 5.91 Å². The van der Waals surface area contributed by atoms with Crippen LogP contribution in [0.15, 0.2) is 29.7 Å². The highest BCUT2D eigenvalue weighted by atomic mass is 32.2. The Morgan fingerprint density at radius 2 is 1.83 bits per heavy atom. The maximum Gasteiger partial charge on any atom is 0.274 e. The van der Waals surface area contributed by atoms with Gasteiger partial charge in [-0.15, -0.1) is 11.8 Å². The molecule has 0 aromatic carbocycles. The van der Waals surface area contributed by atoms with Gasteiger partial charge in [0.2, 0.25) is 5.95 Å². The van der Waals surface area contributed by atoms with Crippen molar-refractivity contribution >= 4 is 29.4 Å². The lowest BCUT2D eigenvalue weighted by atomic mass is 10.1. The minimum atomic E-state index is -0.311. The molecular formula is C19H27N7O2S. The van der Waals surface area contributed by atoms with Gasteiger partial charge in [-0.1, -0.05) is 6.92 Å². The molecule has 0 radical (unpaired) electrons. The van der Waals surface area contributed by atoms with Crippen molar-refractivity contribution in [1.29, 1.82) is 0 Å². The smallest absolute Gasteiger partial charge is 0.274 e. The van der Waals surface area contributed by atoms with Crippen LogP contribution < -0.4 is 10.6 Å². The molecule has 1 saturated heterocycles. The first-order chi connectivity index (χ1) is 14.0. The van der Waals surface area contributed by atoms with E-state index in [-0.39, 0.29) is 12.0 Å². The fraction of sp³-hybridized carbons (Fsp3) is 0.526. The molecule has 0 saturated carbocycles. The van der Waals surface area contributed by atoms with Gasteiger partial charge < -0.3 is 20.6 Å². The Balaban J connectivity index is 1.42. The second-order valence-electron chi connectivity index (χ2n) is 7.12. The molecule has 3 rings (SSSR count). The number of likely N-dealkylation sites (tertiary alicyclic amines) is 1. The second-order valence-corrected chi connectivity index (χ2v) is 8.00. The Kier molecular flexibility index (Phi) is 7.59. The average Bonchev–Trinajstić information content (AvgIpc) is 2.77. The number of amides is 1. The largest absolute Gasteiger partial charge is 0.393 e. The van der Waals surface area contributed by atoms with E-state index in [1.807, 2.05) is 6.26 Å². The van der Waals surface area contributed by atoms with Gasteiger partial charge in [-0.05, 0) is 25.0 Å². The number of aliphatic hydroxyl groups is 1. The van der Waals surface area contributed by atoms with Gasteiger partial charge in [-0.25, -0.2) is 19.9 Å². The number of piperidine rings is 1. The third-order valence-corrected chi connectivity index (χ3v) is 5.41. The van der Waals surface area contributed by atoms with Crippen LogP contribution in [0.1, 0.15) is 30.3 Å². The van der Waals surface area contributed by atoms with Crippen molar-refractivity contribution < 1.29 is 9.90 Å². The number of aromatic nitrogens is 4. The number of carbonyl (C=O) groups excluding carboxylic acids is 1. The first-order valence-corrected chi connectivity index (χ1v) is 10.9. The predicted octanol–water partition coefficient (Wildman–Crippen LogP) is 1.75. The lowest BCUT2D eigenvalue weighted by Crippen LogP contribution is -2.40. The van der Waals surface area contributed by atoms with Crippen molar-refractivity contribution in [3.8, 4) is 0 Å². The van der Waals surface area contributed by atoms with Crippen LogP contribution in [0.2, 0.25) is 0 Å². The molecule has 1 atom stereocenters. The number of rotatable bonds is 8. The highest BCUT2D eigenvalue weighted by molar-refractivity contribution is 7.98. The number of thioether (sulfide) groups is 1. The zero-order valence-corrected chi connectivity index (χ0v) is 17.5. The fourth-order valence-electron chi connectivity index (χ4n) is 2.89. The molecule has 1 aliphatic rings. The zero-order chi connectivity index (χ0) is 20.6. The van der Waals surface area contributed by atoms with E-state index in [9.17, 15) is 9.90 Å². The van der Waals surface area contributed by atoms with Crippen molar-refractivity contribution in [1.82, 2.24) is 24.8 Å². The highest BCUT2D eigenvalue weighted by Crippen LogP contribution is 2.14. The summed E-state index contributed by atoms with van der Waals surface area (Å²) in [5.74, 6) is 1.41. The Bertz CT molecular complexity index is 780. The molecule has 2 aromatic heterocycles. The molecule has 0 aliphatic carbocycles. The van der Waals surface area contributed by atoms with E-state index in [0.717, 1.165) is 11.4 Å². The van der Waals surface area contributed by atoms with E-state index < -0.39 is 0 Å². The minimum Gasteiger partial charge on any atom is -0.393 e. The minimum absolute atomic E-state index is 0.138. The van der Waals surface area contributed by atoms with E-state index in [1.54, 1.807) is 35.3 Å². The van der Waals surface area contributed by atoms with Gasteiger partial charge in [0, 0.05) is 43.5 Å². The maximum absolute atomic E-state index is 12.4. The van der Waals surface area contributed by atoms with Crippen LogP contribution in [-0.4, -0.2) is 74.4 Å². The van der Waals surface area contributed by atoms with Crippen LogP contribution in [0.5, 0.6) is 0 Å². The molecule has 1 amide bonds. The summed E-state index contributed by atoms with van der Waals surface area (Å²) >= 11 is 1.61. The quantitative estimate of drug-likeness (QED) is 0.552.